The van der Waals surface area contributed by atoms with Crippen LogP contribution in [0.4, 0.5) is 0 Å². The van der Waals surface area contributed by atoms with Gasteiger partial charge < -0.3 is 0 Å². The molecule has 66 valence electrons. The first-order valence-electron chi connectivity index (χ1n) is 3.58. The molecule has 0 aliphatic rings. The van der Waals surface area contributed by atoms with Crippen molar-refractivity contribution in [2.75, 3.05) is 18.6 Å². The highest BCUT2D eigenvalue weighted by atomic mass is 32.2. The predicted octanol–water partition coefficient (Wildman–Crippen LogP) is 1.68. The second-order valence-corrected chi connectivity index (χ2v) is 4.08. The minimum Gasteiger partial charge on any atom is -0.288 e. The molecule has 0 bridgehead atoms. The number of thiol groups is 1. The largest absolute Gasteiger partial charge is 0.288 e. The van der Waals surface area contributed by atoms with Gasteiger partial charge in [0.05, 0.1) is 0 Å². The summed E-state index contributed by atoms with van der Waals surface area (Å²) >= 11 is 5.79. The number of carbonyl (C=O) groups is 1. The normalized spacial score (nSPS) is 10.3. The van der Waals surface area contributed by atoms with Crippen molar-refractivity contribution in [3.05, 3.63) is 0 Å². The average Bonchev–Trinajstić information content (AvgIpc) is 1.98. The highest BCUT2D eigenvalue weighted by Gasteiger charge is 2.12. The lowest BCUT2D eigenvalue weighted by Crippen LogP contribution is -2.27. The highest BCUT2D eigenvalue weighted by Crippen LogP contribution is 2.05. The minimum absolute atomic E-state index is 0.0503. The summed E-state index contributed by atoms with van der Waals surface area (Å²) in [5.41, 5.74) is 0. The number of carbonyl (C=O) groups excluding carboxylic acids is 1. The number of nitrogens with zero attached hydrogens (tertiary/aromatic N) is 1. The molecule has 1 amide bonds. The monoisotopic (exact) mass is 193 g/mol. The third-order valence-electron chi connectivity index (χ3n) is 1.26. The van der Waals surface area contributed by atoms with E-state index in [0.717, 1.165) is 12.3 Å². The summed E-state index contributed by atoms with van der Waals surface area (Å²) < 4.78 is 1.49. The third-order valence-corrected chi connectivity index (χ3v) is 2.24. The molecule has 0 saturated heterocycles. The van der Waals surface area contributed by atoms with Crippen LogP contribution in [0.1, 0.15) is 13.8 Å². The molecule has 4 heteroatoms. The molecule has 0 fully saturated rings. The second kappa shape index (κ2) is 5.77. The van der Waals surface area contributed by atoms with Gasteiger partial charge in [-0.1, -0.05) is 26.7 Å². The summed E-state index contributed by atoms with van der Waals surface area (Å²) in [4.78, 5) is 11.2. The molecule has 0 saturated carbocycles. The molecule has 0 heterocycles. The van der Waals surface area contributed by atoms with Gasteiger partial charge in [-0.25, -0.2) is 0 Å². The molecule has 2 nitrogen and oxygen atoms in total. The standard InChI is InChI=1S/C7H15NOS2/c1-6(2)7(9)8(10)4-5-11-3/h6,10H,4-5H2,1-3H3. The van der Waals surface area contributed by atoms with E-state index in [-0.39, 0.29) is 11.8 Å². The van der Waals surface area contributed by atoms with E-state index in [1.807, 2.05) is 20.1 Å². The molecule has 0 aliphatic carbocycles. The van der Waals surface area contributed by atoms with Crippen LogP contribution in [0.15, 0.2) is 0 Å². The lowest BCUT2D eigenvalue weighted by atomic mass is 10.2. The summed E-state index contributed by atoms with van der Waals surface area (Å²) in [6, 6.07) is 0. The van der Waals surface area contributed by atoms with E-state index in [0.29, 0.717) is 0 Å². The number of hydrogen-bond acceptors (Lipinski definition) is 3. The molecule has 0 unspecified atom stereocenters. The third kappa shape index (κ3) is 4.58. The zero-order valence-corrected chi connectivity index (χ0v) is 8.91. The Morgan fingerprint density at radius 2 is 2.18 bits per heavy atom. The van der Waals surface area contributed by atoms with Crippen LogP contribution in [-0.4, -0.2) is 28.8 Å². The lowest BCUT2D eigenvalue weighted by Gasteiger charge is -2.16. The molecular weight excluding hydrogens is 178 g/mol. The van der Waals surface area contributed by atoms with Gasteiger partial charge in [0.15, 0.2) is 0 Å². The van der Waals surface area contributed by atoms with E-state index >= 15 is 0 Å². The average molecular weight is 193 g/mol. The molecule has 11 heavy (non-hydrogen) atoms. The van der Waals surface area contributed by atoms with Gasteiger partial charge in [-0.15, -0.1) is 0 Å². The van der Waals surface area contributed by atoms with Crippen molar-refractivity contribution in [1.82, 2.24) is 4.31 Å². The van der Waals surface area contributed by atoms with Crippen LogP contribution in [0.3, 0.4) is 0 Å². The van der Waals surface area contributed by atoms with E-state index < -0.39 is 0 Å². The summed E-state index contributed by atoms with van der Waals surface area (Å²) in [7, 11) is 0. The van der Waals surface area contributed by atoms with Crippen LogP contribution in [-0.2, 0) is 4.79 Å². The first kappa shape index (κ1) is 11.2. The second-order valence-electron chi connectivity index (χ2n) is 2.61. The van der Waals surface area contributed by atoms with Crippen LogP contribution < -0.4 is 0 Å². The smallest absolute Gasteiger partial charge is 0.234 e. The van der Waals surface area contributed by atoms with Crippen molar-refractivity contribution in [2.45, 2.75) is 13.8 Å². The Labute approximate surface area is 78.3 Å². The van der Waals surface area contributed by atoms with E-state index in [4.69, 9.17) is 0 Å². The number of rotatable bonds is 4. The number of thioether (sulfide) groups is 1. The summed E-state index contributed by atoms with van der Waals surface area (Å²) in [5, 5.41) is 0. The van der Waals surface area contributed by atoms with Crippen LogP contribution in [0, 0.1) is 5.92 Å². The fourth-order valence-electron chi connectivity index (χ4n) is 0.586. The number of hydrogen-bond donors (Lipinski definition) is 1. The van der Waals surface area contributed by atoms with Crippen molar-refractivity contribution in [1.29, 1.82) is 0 Å². The van der Waals surface area contributed by atoms with Gasteiger partial charge in [-0.3, -0.25) is 9.10 Å². The van der Waals surface area contributed by atoms with E-state index in [1.165, 1.54) is 4.31 Å². The predicted molar refractivity (Wildman–Crippen MR) is 53.9 cm³/mol. The van der Waals surface area contributed by atoms with E-state index in [1.54, 1.807) is 11.8 Å². The molecule has 0 spiro atoms. The summed E-state index contributed by atoms with van der Waals surface area (Å²) in [6.45, 7) is 4.48. The Hall–Kier alpha value is 0.170. The molecule has 0 radical (unpaired) electrons. The molecule has 0 aromatic carbocycles. The molecule has 0 aromatic rings. The van der Waals surface area contributed by atoms with Crippen LogP contribution in [0.25, 0.3) is 0 Å². The maximum Gasteiger partial charge on any atom is 0.234 e. The Morgan fingerprint density at radius 3 is 2.55 bits per heavy atom. The summed E-state index contributed by atoms with van der Waals surface area (Å²) in [6.07, 6.45) is 2.02. The molecule has 0 aliphatic heterocycles. The Balaban J connectivity index is 3.64. The fraction of sp³-hybridized carbons (Fsp3) is 0.857. The van der Waals surface area contributed by atoms with E-state index in [9.17, 15) is 4.79 Å². The fourth-order valence-corrected chi connectivity index (χ4v) is 1.42. The van der Waals surface area contributed by atoms with Gasteiger partial charge in [0.2, 0.25) is 5.91 Å². The summed E-state index contributed by atoms with van der Waals surface area (Å²) in [5.74, 6) is 1.10. The van der Waals surface area contributed by atoms with Crippen molar-refractivity contribution in [2.24, 2.45) is 5.92 Å². The zero-order chi connectivity index (χ0) is 8.85. The molecule has 0 aromatic heterocycles. The molecule has 0 N–H and O–H groups in total. The lowest BCUT2D eigenvalue weighted by molar-refractivity contribution is -0.128. The van der Waals surface area contributed by atoms with Gasteiger partial charge in [-0.2, -0.15) is 11.8 Å². The van der Waals surface area contributed by atoms with Gasteiger partial charge >= 0.3 is 0 Å². The van der Waals surface area contributed by atoms with Crippen molar-refractivity contribution in [3.8, 4) is 0 Å². The first-order chi connectivity index (χ1) is 5.09. The SMILES string of the molecule is CSCCN(S)C(=O)C(C)C. The number of amides is 1. The van der Waals surface area contributed by atoms with Crippen molar-refractivity contribution >= 4 is 30.5 Å². The first-order valence-corrected chi connectivity index (χ1v) is 5.38. The zero-order valence-electron chi connectivity index (χ0n) is 7.20. The molecular formula is C7H15NOS2. The molecule has 0 atom stereocenters. The topological polar surface area (TPSA) is 20.3 Å². The Morgan fingerprint density at radius 1 is 1.64 bits per heavy atom. The van der Waals surface area contributed by atoms with Gasteiger partial charge in [0.25, 0.3) is 0 Å². The van der Waals surface area contributed by atoms with Crippen LogP contribution in [0.2, 0.25) is 0 Å². The maximum absolute atomic E-state index is 11.2. The van der Waals surface area contributed by atoms with E-state index in [2.05, 4.69) is 12.8 Å². The Kier molecular flexibility index (Phi) is 5.86. The van der Waals surface area contributed by atoms with Crippen molar-refractivity contribution < 1.29 is 4.79 Å². The molecule has 0 rings (SSSR count). The van der Waals surface area contributed by atoms with Gasteiger partial charge in [0, 0.05) is 18.2 Å². The van der Waals surface area contributed by atoms with Gasteiger partial charge in [-0.05, 0) is 6.26 Å². The Bertz CT molecular complexity index is 128. The van der Waals surface area contributed by atoms with Crippen molar-refractivity contribution in [3.63, 3.8) is 0 Å². The van der Waals surface area contributed by atoms with Crippen LogP contribution >= 0.6 is 24.6 Å². The highest BCUT2D eigenvalue weighted by molar-refractivity contribution is 7.98. The quantitative estimate of drug-likeness (QED) is 0.686. The van der Waals surface area contributed by atoms with Gasteiger partial charge in [0.1, 0.15) is 0 Å². The minimum atomic E-state index is 0.0503. The van der Waals surface area contributed by atoms with Crippen LogP contribution in [0.5, 0.6) is 0 Å². The maximum atomic E-state index is 11.2.